The van der Waals surface area contributed by atoms with E-state index in [9.17, 15) is 22.4 Å². The number of hydrogen-bond donors (Lipinski definition) is 0. The van der Waals surface area contributed by atoms with Crippen LogP contribution >= 0.6 is 0 Å². The Balaban J connectivity index is 1.48. The molecular formula is C23H25F4N5O. The highest BCUT2D eigenvalue weighted by Gasteiger charge is 2.26. The van der Waals surface area contributed by atoms with Crippen molar-refractivity contribution in [2.75, 3.05) is 26.2 Å². The molecule has 1 aliphatic heterocycles. The van der Waals surface area contributed by atoms with E-state index in [1.54, 1.807) is 4.90 Å². The molecule has 10 heteroatoms. The lowest BCUT2D eigenvalue weighted by molar-refractivity contribution is -0.133. The summed E-state index contributed by atoms with van der Waals surface area (Å²) < 4.78 is 54.6. The molecule has 1 aliphatic rings. The van der Waals surface area contributed by atoms with Gasteiger partial charge in [-0.3, -0.25) is 9.69 Å². The molecule has 176 valence electrons. The van der Waals surface area contributed by atoms with Crippen LogP contribution in [0.3, 0.4) is 0 Å². The number of rotatable bonds is 6. The number of hydrogen-bond acceptors (Lipinski definition) is 4. The Hall–Kier alpha value is -3.01. The molecule has 3 aromatic rings. The molecule has 4 rings (SSSR count). The summed E-state index contributed by atoms with van der Waals surface area (Å²) in [5, 5.41) is 4.19. The molecule has 0 saturated carbocycles. The second-order valence-electron chi connectivity index (χ2n) is 8.26. The molecular weight excluding hydrogens is 438 g/mol. The van der Waals surface area contributed by atoms with Crippen molar-refractivity contribution in [1.29, 1.82) is 0 Å². The SMILES string of the molecule is Cc1ccccc1CN1CCN(C(=O)Cn2nc(C)c3c(C(F)F)cc(C(F)F)nc32)CC1. The van der Waals surface area contributed by atoms with Crippen LogP contribution in [0.4, 0.5) is 17.6 Å². The molecule has 2 aromatic heterocycles. The zero-order valence-corrected chi connectivity index (χ0v) is 18.4. The van der Waals surface area contributed by atoms with E-state index < -0.39 is 24.1 Å². The van der Waals surface area contributed by atoms with Gasteiger partial charge in [-0.05, 0) is 31.0 Å². The van der Waals surface area contributed by atoms with E-state index in [1.807, 2.05) is 12.1 Å². The number of aryl methyl sites for hydroxylation is 2. The molecule has 0 bridgehead atoms. The zero-order valence-electron chi connectivity index (χ0n) is 18.4. The Kier molecular flexibility index (Phi) is 6.64. The summed E-state index contributed by atoms with van der Waals surface area (Å²) in [6.07, 6.45) is -5.96. The summed E-state index contributed by atoms with van der Waals surface area (Å²) in [5.74, 6) is -0.252. The van der Waals surface area contributed by atoms with Crippen molar-refractivity contribution in [3.05, 3.63) is 58.4 Å². The van der Waals surface area contributed by atoms with E-state index in [0.29, 0.717) is 32.2 Å². The van der Waals surface area contributed by atoms with Crippen molar-refractivity contribution in [3.8, 4) is 0 Å². The molecule has 1 aromatic carbocycles. The summed E-state index contributed by atoms with van der Waals surface area (Å²) in [6.45, 7) is 6.55. The quantitative estimate of drug-likeness (QED) is 0.513. The highest BCUT2D eigenvalue weighted by atomic mass is 19.3. The zero-order chi connectivity index (χ0) is 23.7. The summed E-state index contributed by atoms with van der Waals surface area (Å²) >= 11 is 0. The number of pyridine rings is 1. The first-order chi connectivity index (χ1) is 15.7. The number of carbonyl (C=O) groups excluding carboxylic acids is 1. The minimum Gasteiger partial charge on any atom is -0.339 e. The number of nitrogens with zero attached hydrogens (tertiary/aromatic N) is 5. The molecule has 0 N–H and O–H groups in total. The van der Waals surface area contributed by atoms with Crippen LogP contribution < -0.4 is 0 Å². The Labute approximate surface area is 188 Å². The average molecular weight is 463 g/mol. The van der Waals surface area contributed by atoms with Crippen LogP contribution in [0, 0.1) is 13.8 Å². The van der Waals surface area contributed by atoms with E-state index in [-0.39, 0.29) is 29.2 Å². The molecule has 1 amide bonds. The monoisotopic (exact) mass is 463 g/mol. The number of carbonyl (C=O) groups is 1. The number of benzene rings is 1. The molecule has 0 unspecified atom stereocenters. The fourth-order valence-electron chi connectivity index (χ4n) is 4.21. The minimum absolute atomic E-state index is 0.0188. The van der Waals surface area contributed by atoms with Crippen molar-refractivity contribution < 1.29 is 22.4 Å². The second-order valence-corrected chi connectivity index (χ2v) is 8.26. The van der Waals surface area contributed by atoms with Gasteiger partial charge >= 0.3 is 0 Å². The van der Waals surface area contributed by atoms with E-state index in [4.69, 9.17) is 0 Å². The maximum Gasteiger partial charge on any atom is 0.280 e. The van der Waals surface area contributed by atoms with Crippen molar-refractivity contribution in [1.82, 2.24) is 24.6 Å². The van der Waals surface area contributed by atoms with Gasteiger partial charge in [-0.25, -0.2) is 27.2 Å². The highest BCUT2D eigenvalue weighted by Crippen LogP contribution is 2.32. The first kappa shape index (κ1) is 23.2. The van der Waals surface area contributed by atoms with Crippen molar-refractivity contribution in [2.24, 2.45) is 0 Å². The van der Waals surface area contributed by atoms with Crippen molar-refractivity contribution in [3.63, 3.8) is 0 Å². The second kappa shape index (κ2) is 9.46. The van der Waals surface area contributed by atoms with E-state index >= 15 is 0 Å². The largest absolute Gasteiger partial charge is 0.339 e. The summed E-state index contributed by atoms with van der Waals surface area (Å²) in [6, 6.07) is 8.88. The Morgan fingerprint density at radius 3 is 2.36 bits per heavy atom. The van der Waals surface area contributed by atoms with Crippen LogP contribution in [-0.2, 0) is 17.9 Å². The first-order valence-corrected chi connectivity index (χ1v) is 10.7. The van der Waals surface area contributed by atoms with Gasteiger partial charge in [0.05, 0.1) is 11.1 Å². The fraction of sp³-hybridized carbons (Fsp3) is 0.435. The molecule has 3 heterocycles. The van der Waals surface area contributed by atoms with Crippen LogP contribution in [0.25, 0.3) is 11.0 Å². The molecule has 1 fully saturated rings. The van der Waals surface area contributed by atoms with Crippen LogP contribution in [0.15, 0.2) is 30.3 Å². The highest BCUT2D eigenvalue weighted by molar-refractivity contribution is 5.85. The minimum atomic E-state index is -3.01. The smallest absolute Gasteiger partial charge is 0.280 e. The van der Waals surface area contributed by atoms with Gasteiger partial charge in [0.25, 0.3) is 12.9 Å². The lowest BCUT2D eigenvalue weighted by atomic mass is 10.1. The Bertz CT molecular complexity index is 1160. The fourth-order valence-corrected chi connectivity index (χ4v) is 4.21. The van der Waals surface area contributed by atoms with Gasteiger partial charge in [0.2, 0.25) is 5.91 Å². The van der Waals surface area contributed by atoms with Crippen LogP contribution in [0.1, 0.15) is 40.9 Å². The van der Waals surface area contributed by atoms with Crippen molar-refractivity contribution in [2.45, 2.75) is 39.8 Å². The molecule has 6 nitrogen and oxygen atoms in total. The summed E-state index contributed by atoms with van der Waals surface area (Å²) in [5.41, 5.74) is 1.27. The van der Waals surface area contributed by atoms with Gasteiger partial charge in [-0.15, -0.1) is 0 Å². The Morgan fingerprint density at radius 2 is 1.73 bits per heavy atom. The number of halogens is 4. The average Bonchev–Trinajstić information content (AvgIpc) is 3.10. The number of alkyl halides is 4. The summed E-state index contributed by atoms with van der Waals surface area (Å²) in [4.78, 5) is 20.7. The van der Waals surface area contributed by atoms with Gasteiger partial charge in [0.1, 0.15) is 12.2 Å². The number of fused-ring (bicyclic) bond motifs is 1. The van der Waals surface area contributed by atoms with E-state index in [2.05, 4.69) is 34.0 Å². The van der Waals surface area contributed by atoms with Crippen LogP contribution in [-0.4, -0.2) is 56.7 Å². The van der Waals surface area contributed by atoms with Gasteiger partial charge in [-0.1, -0.05) is 24.3 Å². The lowest BCUT2D eigenvalue weighted by Crippen LogP contribution is -2.49. The standard InChI is InChI=1S/C23H25F4N5O/c1-14-5-3-4-6-16(14)12-30-7-9-31(10-8-30)19(33)13-32-23-20(15(2)29-32)17(21(24)25)11-18(28-23)22(26)27/h3-6,11,21-22H,7-10,12-13H2,1-2H3. The topological polar surface area (TPSA) is 54.3 Å². The number of amides is 1. The first-order valence-electron chi connectivity index (χ1n) is 10.7. The predicted molar refractivity (Wildman–Crippen MR) is 115 cm³/mol. The molecule has 0 atom stereocenters. The molecule has 1 saturated heterocycles. The van der Waals surface area contributed by atoms with E-state index in [0.717, 1.165) is 11.2 Å². The Morgan fingerprint density at radius 1 is 1.03 bits per heavy atom. The van der Waals surface area contributed by atoms with Gasteiger partial charge in [0.15, 0.2) is 5.65 Å². The third-order valence-electron chi connectivity index (χ3n) is 6.05. The van der Waals surface area contributed by atoms with Gasteiger partial charge in [0, 0.05) is 38.3 Å². The van der Waals surface area contributed by atoms with Gasteiger partial charge < -0.3 is 4.90 Å². The maximum absolute atomic E-state index is 13.5. The maximum atomic E-state index is 13.5. The summed E-state index contributed by atoms with van der Waals surface area (Å²) in [7, 11) is 0. The predicted octanol–water partition coefficient (Wildman–Crippen LogP) is 4.27. The molecule has 0 radical (unpaired) electrons. The third-order valence-corrected chi connectivity index (χ3v) is 6.05. The van der Waals surface area contributed by atoms with Gasteiger partial charge in [-0.2, -0.15) is 5.10 Å². The normalized spacial score (nSPS) is 15.2. The van der Waals surface area contributed by atoms with Crippen LogP contribution in [0.2, 0.25) is 0 Å². The molecule has 0 spiro atoms. The third kappa shape index (κ3) is 4.85. The molecule has 0 aliphatic carbocycles. The van der Waals surface area contributed by atoms with Crippen molar-refractivity contribution >= 4 is 16.9 Å². The number of aromatic nitrogens is 3. The van der Waals surface area contributed by atoms with Crippen LogP contribution in [0.5, 0.6) is 0 Å². The lowest BCUT2D eigenvalue weighted by Gasteiger charge is -2.35. The number of piperazine rings is 1. The van der Waals surface area contributed by atoms with E-state index in [1.165, 1.54) is 18.1 Å². The molecule has 33 heavy (non-hydrogen) atoms.